The Morgan fingerprint density at radius 1 is 1.10 bits per heavy atom. The third-order valence-electron chi connectivity index (χ3n) is 2.97. The van der Waals surface area contributed by atoms with Gasteiger partial charge in [-0.3, -0.25) is 0 Å². The third kappa shape index (κ3) is 5.91. The van der Waals surface area contributed by atoms with Crippen molar-refractivity contribution >= 4 is 5.69 Å². The highest BCUT2D eigenvalue weighted by Crippen LogP contribution is 2.25. The van der Waals surface area contributed by atoms with E-state index in [9.17, 15) is 4.39 Å². The van der Waals surface area contributed by atoms with Crippen LogP contribution < -0.4 is 10.2 Å². The largest absolute Gasteiger partial charge is 0.374 e. The zero-order valence-electron chi connectivity index (χ0n) is 14.0. The predicted molar refractivity (Wildman–Crippen MR) is 85.7 cm³/mol. The number of rotatable bonds is 4. The summed E-state index contributed by atoms with van der Waals surface area (Å²) in [5.41, 5.74) is 2.33. The molecule has 114 valence electrons. The van der Waals surface area contributed by atoms with E-state index in [4.69, 9.17) is 0 Å². The van der Waals surface area contributed by atoms with Crippen LogP contribution in [0.25, 0.3) is 0 Å². The summed E-state index contributed by atoms with van der Waals surface area (Å²) >= 11 is 0. The van der Waals surface area contributed by atoms with Crippen molar-refractivity contribution in [2.45, 2.75) is 53.6 Å². The van der Waals surface area contributed by atoms with Crippen LogP contribution in [-0.2, 0) is 6.54 Å². The summed E-state index contributed by atoms with van der Waals surface area (Å²) in [6.07, 6.45) is 0. The first-order chi connectivity index (χ1) is 8.98. The normalized spacial score (nSPS) is 12.6. The highest BCUT2D eigenvalue weighted by molar-refractivity contribution is 5.53. The molecule has 0 saturated carbocycles. The first-order valence-electron chi connectivity index (χ1n) is 7.22. The van der Waals surface area contributed by atoms with Crippen LogP contribution in [0.5, 0.6) is 0 Å². The molecular formula is C17H29FN2. The molecule has 1 N–H and O–H groups in total. The molecule has 0 unspecified atom stereocenters. The minimum atomic E-state index is -0.177. The Morgan fingerprint density at radius 3 is 2.20 bits per heavy atom. The number of halogens is 1. The van der Waals surface area contributed by atoms with Crippen molar-refractivity contribution in [1.82, 2.24) is 5.32 Å². The van der Waals surface area contributed by atoms with E-state index in [-0.39, 0.29) is 16.8 Å². The molecule has 1 rings (SSSR count). The second kappa shape index (κ2) is 6.13. The van der Waals surface area contributed by atoms with E-state index in [1.807, 2.05) is 6.07 Å². The van der Waals surface area contributed by atoms with Gasteiger partial charge in [0.25, 0.3) is 0 Å². The molecule has 0 amide bonds. The molecule has 0 saturated heterocycles. The lowest BCUT2D eigenvalue weighted by Crippen LogP contribution is -2.36. The van der Waals surface area contributed by atoms with Gasteiger partial charge in [-0.25, -0.2) is 4.39 Å². The van der Waals surface area contributed by atoms with Crippen LogP contribution in [0.3, 0.4) is 0 Å². The van der Waals surface area contributed by atoms with Crippen molar-refractivity contribution in [3.05, 3.63) is 29.6 Å². The Morgan fingerprint density at radius 2 is 1.70 bits per heavy atom. The molecule has 0 aromatic heterocycles. The fraction of sp³-hybridized carbons (Fsp3) is 0.647. The molecule has 3 heteroatoms. The van der Waals surface area contributed by atoms with Gasteiger partial charge in [-0.05, 0) is 49.9 Å². The smallest absolute Gasteiger partial charge is 0.123 e. The second-order valence-corrected chi connectivity index (χ2v) is 7.79. The molecule has 0 spiro atoms. The average Bonchev–Trinajstić information content (AvgIpc) is 2.22. The van der Waals surface area contributed by atoms with Crippen LogP contribution in [0.1, 0.15) is 47.1 Å². The van der Waals surface area contributed by atoms with Gasteiger partial charge in [0.05, 0.1) is 0 Å². The van der Waals surface area contributed by atoms with Crippen LogP contribution in [0.15, 0.2) is 18.2 Å². The average molecular weight is 280 g/mol. The summed E-state index contributed by atoms with van der Waals surface area (Å²) in [5.74, 6) is -0.177. The van der Waals surface area contributed by atoms with Gasteiger partial charge < -0.3 is 10.2 Å². The van der Waals surface area contributed by atoms with Crippen molar-refractivity contribution in [2.24, 2.45) is 5.41 Å². The van der Waals surface area contributed by atoms with Crippen LogP contribution in [0, 0.1) is 11.2 Å². The third-order valence-corrected chi connectivity index (χ3v) is 2.97. The summed E-state index contributed by atoms with van der Waals surface area (Å²) in [5, 5.41) is 3.43. The summed E-state index contributed by atoms with van der Waals surface area (Å²) in [6, 6.07) is 5.04. The van der Waals surface area contributed by atoms with Crippen molar-refractivity contribution in [3.63, 3.8) is 0 Å². The maximum atomic E-state index is 13.5. The molecule has 0 atom stereocenters. The number of hydrogen-bond acceptors (Lipinski definition) is 2. The van der Waals surface area contributed by atoms with E-state index in [0.717, 1.165) is 17.8 Å². The SMILES string of the molecule is CN(CC(C)(C)C)c1ccc(F)cc1CNC(C)(C)C. The molecule has 0 radical (unpaired) electrons. The van der Waals surface area contributed by atoms with Crippen molar-refractivity contribution in [1.29, 1.82) is 0 Å². The van der Waals surface area contributed by atoms with Gasteiger partial charge in [-0.2, -0.15) is 0 Å². The Bertz CT molecular complexity index is 441. The molecule has 2 nitrogen and oxygen atoms in total. The molecule has 1 aromatic carbocycles. The van der Waals surface area contributed by atoms with E-state index in [0.29, 0.717) is 6.54 Å². The lowest BCUT2D eigenvalue weighted by Gasteiger charge is -2.30. The molecule has 1 aromatic rings. The first-order valence-corrected chi connectivity index (χ1v) is 7.22. The number of nitrogens with zero attached hydrogens (tertiary/aromatic N) is 1. The minimum Gasteiger partial charge on any atom is -0.374 e. The summed E-state index contributed by atoms with van der Waals surface area (Å²) in [6.45, 7) is 14.6. The molecule has 0 aliphatic heterocycles. The van der Waals surface area contributed by atoms with Gasteiger partial charge >= 0.3 is 0 Å². The highest BCUT2D eigenvalue weighted by atomic mass is 19.1. The van der Waals surface area contributed by atoms with E-state index >= 15 is 0 Å². The van der Waals surface area contributed by atoms with Crippen molar-refractivity contribution in [3.8, 4) is 0 Å². The maximum absolute atomic E-state index is 13.5. The molecule has 0 aliphatic rings. The van der Waals surface area contributed by atoms with Crippen LogP contribution in [-0.4, -0.2) is 19.1 Å². The van der Waals surface area contributed by atoms with Crippen molar-refractivity contribution in [2.75, 3.05) is 18.5 Å². The first kappa shape index (κ1) is 17.0. The maximum Gasteiger partial charge on any atom is 0.123 e. The van der Waals surface area contributed by atoms with Gasteiger partial charge in [0, 0.05) is 31.4 Å². The van der Waals surface area contributed by atoms with Gasteiger partial charge in [0.1, 0.15) is 5.82 Å². The van der Waals surface area contributed by atoms with Gasteiger partial charge in [-0.1, -0.05) is 20.8 Å². The predicted octanol–water partition coefficient (Wildman–Crippen LogP) is 4.20. The Kier molecular flexibility index (Phi) is 5.20. The van der Waals surface area contributed by atoms with Crippen LogP contribution in [0.2, 0.25) is 0 Å². The summed E-state index contributed by atoms with van der Waals surface area (Å²) < 4.78 is 13.5. The molecular weight excluding hydrogens is 251 g/mol. The van der Waals surface area contributed by atoms with E-state index in [1.54, 1.807) is 6.07 Å². The number of hydrogen-bond donors (Lipinski definition) is 1. The fourth-order valence-corrected chi connectivity index (χ4v) is 2.23. The lowest BCUT2D eigenvalue weighted by molar-refractivity contribution is 0.413. The van der Waals surface area contributed by atoms with E-state index in [1.165, 1.54) is 6.07 Å². The van der Waals surface area contributed by atoms with Crippen LogP contribution in [0.4, 0.5) is 10.1 Å². The van der Waals surface area contributed by atoms with E-state index < -0.39 is 0 Å². The Hall–Kier alpha value is -1.09. The van der Waals surface area contributed by atoms with Gasteiger partial charge in [0.2, 0.25) is 0 Å². The molecule has 0 fully saturated rings. The highest BCUT2D eigenvalue weighted by Gasteiger charge is 2.17. The zero-order chi connectivity index (χ0) is 15.6. The molecule has 0 bridgehead atoms. The number of benzene rings is 1. The Balaban J connectivity index is 2.95. The summed E-state index contributed by atoms with van der Waals surface area (Å²) in [4.78, 5) is 2.21. The monoisotopic (exact) mass is 280 g/mol. The second-order valence-electron chi connectivity index (χ2n) is 7.79. The quantitative estimate of drug-likeness (QED) is 0.889. The van der Waals surface area contributed by atoms with Crippen molar-refractivity contribution < 1.29 is 4.39 Å². The van der Waals surface area contributed by atoms with Crippen LogP contribution >= 0.6 is 0 Å². The van der Waals surface area contributed by atoms with Gasteiger partial charge in [0.15, 0.2) is 0 Å². The number of anilines is 1. The topological polar surface area (TPSA) is 15.3 Å². The summed E-state index contributed by atoms with van der Waals surface area (Å²) in [7, 11) is 2.07. The molecule has 0 heterocycles. The molecule has 20 heavy (non-hydrogen) atoms. The van der Waals surface area contributed by atoms with Gasteiger partial charge in [-0.15, -0.1) is 0 Å². The zero-order valence-corrected chi connectivity index (χ0v) is 14.0. The molecule has 0 aliphatic carbocycles. The fourth-order valence-electron chi connectivity index (χ4n) is 2.23. The number of nitrogens with one attached hydrogen (secondary N) is 1. The Labute approximate surface area is 123 Å². The standard InChI is InChI=1S/C17H29FN2/c1-16(2,3)12-20(7)15-9-8-14(18)10-13(15)11-19-17(4,5)6/h8-10,19H,11-12H2,1-7H3. The lowest BCUT2D eigenvalue weighted by atomic mass is 9.95. The minimum absolute atomic E-state index is 0.0200. The van der Waals surface area contributed by atoms with E-state index in [2.05, 4.69) is 58.8 Å².